The Morgan fingerprint density at radius 1 is 1.14 bits per heavy atom. The molecule has 8 nitrogen and oxygen atoms in total. The van der Waals surface area contributed by atoms with Gasteiger partial charge in [-0.1, -0.05) is 17.3 Å². The second kappa shape index (κ2) is 8.31. The molecule has 3 rings (SSSR count). The van der Waals surface area contributed by atoms with E-state index in [2.05, 4.69) is 5.16 Å². The van der Waals surface area contributed by atoms with E-state index in [9.17, 15) is 9.59 Å². The van der Waals surface area contributed by atoms with E-state index in [1.165, 1.54) is 6.21 Å². The Labute approximate surface area is 171 Å². The average Bonchev–Trinajstić information content (AvgIpc) is 3.09. The number of hydrogen-bond acceptors (Lipinski definition) is 6. The molecular weight excluding hydrogens is 374 g/mol. The van der Waals surface area contributed by atoms with Crippen LogP contribution in [0.15, 0.2) is 29.4 Å². The van der Waals surface area contributed by atoms with Crippen LogP contribution in [0.3, 0.4) is 0 Å². The van der Waals surface area contributed by atoms with Gasteiger partial charge in [0.05, 0.1) is 7.11 Å². The minimum atomic E-state index is -0.503. The number of hydrogen-bond donors (Lipinski definition) is 0. The first kappa shape index (κ1) is 21.0. The molecule has 0 unspecified atom stereocenters. The number of amides is 2. The Balaban J connectivity index is 1.39. The second-order valence-electron chi connectivity index (χ2n) is 8.70. The van der Waals surface area contributed by atoms with E-state index in [1.54, 1.807) is 16.9 Å². The molecule has 0 N–H and O–H groups in total. The maximum Gasteiger partial charge on any atom is 0.410 e. The highest BCUT2D eigenvalue weighted by Gasteiger charge is 2.50. The van der Waals surface area contributed by atoms with E-state index in [-0.39, 0.29) is 24.0 Å². The zero-order valence-electron chi connectivity index (χ0n) is 17.5. The first-order valence-electron chi connectivity index (χ1n) is 9.75. The summed E-state index contributed by atoms with van der Waals surface area (Å²) in [4.78, 5) is 33.1. The minimum absolute atomic E-state index is 0.0235. The molecule has 1 aromatic carbocycles. The second-order valence-corrected chi connectivity index (χ2v) is 8.70. The monoisotopic (exact) mass is 403 g/mol. The summed E-state index contributed by atoms with van der Waals surface area (Å²) in [6.07, 6.45) is 1.80. The van der Waals surface area contributed by atoms with Gasteiger partial charge in [0.2, 0.25) is 0 Å². The van der Waals surface area contributed by atoms with Crippen LogP contribution in [-0.4, -0.2) is 66.9 Å². The molecule has 8 heteroatoms. The molecule has 0 atom stereocenters. The third-order valence-corrected chi connectivity index (χ3v) is 5.08. The zero-order chi connectivity index (χ0) is 21.1. The summed E-state index contributed by atoms with van der Waals surface area (Å²) in [5.41, 5.74) is 0.410. The van der Waals surface area contributed by atoms with Crippen molar-refractivity contribution in [2.45, 2.75) is 39.4 Å². The third-order valence-electron chi connectivity index (χ3n) is 5.08. The van der Waals surface area contributed by atoms with Gasteiger partial charge in [-0.2, -0.15) is 0 Å². The van der Waals surface area contributed by atoms with Crippen molar-refractivity contribution in [1.29, 1.82) is 0 Å². The van der Waals surface area contributed by atoms with Gasteiger partial charge in [0.25, 0.3) is 5.91 Å². The van der Waals surface area contributed by atoms with Crippen LogP contribution in [-0.2, 0) is 21.0 Å². The number of oxime groups is 1. The van der Waals surface area contributed by atoms with Crippen LogP contribution in [0.5, 0.6) is 5.75 Å². The minimum Gasteiger partial charge on any atom is -0.497 e. The fourth-order valence-electron chi connectivity index (χ4n) is 3.59. The Hall–Kier alpha value is -2.77. The molecule has 2 fully saturated rings. The normalized spacial score (nSPS) is 18.1. The van der Waals surface area contributed by atoms with E-state index >= 15 is 0 Å². The van der Waals surface area contributed by atoms with Gasteiger partial charge < -0.3 is 24.1 Å². The summed E-state index contributed by atoms with van der Waals surface area (Å²) in [5.74, 6) is 0.595. The van der Waals surface area contributed by atoms with Crippen molar-refractivity contribution in [2.75, 3.05) is 33.3 Å². The van der Waals surface area contributed by atoms with Gasteiger partial charge in [0, 0.05) is 31.6 Å². The molecule has 29 heavy (non-hydrogen) atoms. The molecule has 1 aromatic rings. The van der Waals surface area contributed by atoms with Crippen LogP contribution in [0.2, 0.25) is 0 Å². The fraction of sp³-hybridized carbons (Fsp3) is 0.571. The zero-order valence-corrected chi connectivity index (χ0v) is 17.5. The maximum absolute atomic E-state index is 12.2. The van der Waals surface area contributed by atoms with Crippen molar-refractivity contribution in [3.8, 4) is 5.75 Å². The quantitative estimate of drug-likeness (QED) is 0.558. The van der Waals surface area contributed by atoms with Crippen LogP contribution in [0.25, 0.3) is 0 Å². The third kappa shape index (κ3) is 5.40. The Kier molecular flexibility index (Phi) is 6.00. The molecule has 2 saturated heterocycles. The highest BCUT2D eigenvalue weighted by atomic mass is 16.6. The molecule has 2 amide bonds. The molecule has 0 bridgehead atoms. The molecule has 1 spiro atoms. The Bertz CT molecular complexity index is 764. The topological polar surface area (TPSA) is 80.7 Å². The first-order chi connectivity index (χ1) is 13.7. The van der Waals surface area contributed by atoms with Crippen molar-refractivity contribution >= 4 is 18.2 Å². The number of likely N-dealkylation sites (tertiary alicyclic amines) is 2. The van der Waals surface area contributed by atoms with E-state index in [1.807, 2.05) is 45.0 Å². The first-order valence-corrected chi connectivity index (χ1v) is 9.75. The van der Waals surface area contributed by atoms with Gasteiger partial charge in [-0.05, 0) is 44.9 Å². The predicted molar refractivity (Wildman–Crippen MR) is 108 cm³/mol. The van der Waals surface area contributed by atoms with Crippen LogP contribution >= 0.6 is 0 Å². The van der Waals surface area contributed by atoms with Crippen LogP contribution in [0.1, 0.15) is 32.8 Å². The number of methoxy groups -OCH3 is 1. The molecule has 0 radical (unpaired) electrons. The lowest BCUT2D eigenvalue weighted by Crippen LogP contribution is -2.60. The van der Waals surface area contributed by atoms with Gasteiger partial charge in [0.15, 0.2) is 0 Å². The van der Waals surface area contributed by atoms with Gasteiger partial charge in [0.1, 0.15) is 24.2 Å². The van der Waals surface area contributed by atoms with Crippen LogP contribution in [0.4, 0.5) is 4.79 Å². The van der Waals surface area contributed by atoms with E-state index in [0.29, 0.717) is 26.2 Å². The van der Waals surface area contributed by atoms with Crippen molar-refractivity contribution < 1.29 is 23.9 Å². The average molecular weight is 403 g/mol. The van der Waals surface area contributed by atoms with Gasteiger partial charge in [-0.3, -0.25) is 4.79 Å². The maximum atomic E-state index is 12.2. The summed E-state index contributed by atoms with van der Waals surface area (Å²) in [6, 6.07) is 7.45. The number of carbonyl (C=O) groups excluding carboxylic acids is 2. The van der Waals surface area contributed by atoms with Crippen molar-refractivity contribution in [2.24, 2.45) is 10.6 Å². The largest absolute Gasteiger partial charge is 0.497 e. The molecule has 158 valence electrons. The van der Waals surface area contributed by atoms with Crippen molar-refractivity contribution in [3.63, 3.8) is 0 Å². The van der Waals surface area contributed by atoms with Gasteiger partial charge in [-0.25, -0.2) is 4.79 Å². The molecule has 2 heterocycles. The molecule has 2 aliphatic rings. The van der Waals surface area contributed by atoms with Crippen LogP contribution < -0.4 is 4.74 Å². The lowest BCUT2D eigenvalue weighted by molar-refractivity contribution is -0.134. The fourth-order valence-corrected chi connectivity index (χ4v) is 3.59. The van der Waals surface area contributed by atoms with E-state index in [4.69, 9.17) is 14.3 Å². The summed E-state index contributed by atoms with van der Waals surface area (Å²) >= 11 is 0. The number of rotatable bonds is 5. The van der Waals surface area contributed by atoms with Gasteiger partial charge in [-0.15, -0.1) is 0 Å². The summed E-state index contributed by atoms with van der Waals surface area (Å²) in [6.45, 7) is 8.38. The van der Waals surface area contributed by atoms with Crippen molar-refractivity contribution in [3.05, 3.63) is 29.8 Å². The van der Waals surface area contributed by atoms with E-state index < -0.39 is 5.60 Å². The lowest BCUT2D eigenvalue weighted by atomic mass is 9.79. The van der Waals surface area contributed by atoms with E-state index in [0.717, 1.165) is 17.7 Å². The Morgan fingerprint density at radius 3 is 2.41 bits per heavy atom. The predicted octanol–water partition coefficient (Wildman–Crippen LogP) is 2.67. The summed E-state index contributed by atoms with van der Waals surface area (Å²) in [7, 11) is 1.61. The highest BCUT2D eigenvalue weighted by Crippen LogP contribution is 2.39. The standard InChI is InChI=1S/C21H29N3O5/c1-20(2,3)29-19(26)23-10-9-21(13-23)14-24(15-21)18(25)11-22-28-12-16-5-7-17(27-4)8-6-16/h5-8,11H,9-10,12-15H2,1-4H3/b22-11+. The molecule has 0 aliphatic carbocycles. The number of nitrogens with zero attached hydrogens (tertiary/aromatic N) is 3. The smallest absolute Gasteiger partial charge is 0.410 e. The van der Waals surface area contributed by atoms with Crippen LogP contribution in [0, 0.1) is 5.41 Å². The SMILES string of the molecule is COc1ccc(CO/N=C/C(=O)N2CC3(CCN(C(=O)OC(C)(C)C)C3)C2)cc1. The highest BCUT2D eigenvalue weighted by molar-refractivity contribution is 6.26. The van der Waals surface area contributed by atoms with Crippen molar-refractivity contribution in [1.82, 2.24) is 9.80 Å². The summed E-state index contributed by atoms with van der Waals surface area (Å²) in [5, 5.41) is 3.78. The number of carbonyl (C=O) groups is 2. The van der Waals surface area contributed by atoms with Gasteiger partial charge >= 0.3 is 6.09 Å². The number of benzene rings is 1. The molecule has 0 saturated carbocycles. The Morgan fingerprint density at radius 2 is 1.79 bits per heavy atom. The molecule has 2 aliphatic heterocycles. The number of ether oxygens (including phenoxy) is 2. The molecular formula is C21H29N3O5. The molecule has 0 aromatic heterocycles. The lowest BCUT2D eigenvalue weighted by Gasteiger charge is -2.47. The summed E-state index contributed by atoms with van der Waals surface area (Å²) < 4.78 is 10.5.